The fourth-order valence-corrected chi connectivity index (χ4v) is 6.32. The maximum Gasteiger partial charge on any atom is 0.229 e. The van der Waals surface area contributed by atoms with Gasteiger partial charge in [-0.2, -0.15) is 0 Å². The molecular weight excluding hydrogens is 438 g/mol. The maximum atomic E-state index is 14.1. The number of pyridine rings is 1. The maximum absolute atomic E-state index is 14.1. The van der Waals surface area contributed by atoms with E-state index in [2.05, 4.69) is 54.4 Å². The summed E-state index contributed by atoms with van der Waals surface area (Å²) in [6.07, 6.45) is 6.69. The second-order valence-corrected chi connectivity index (χ2v) is 10.8. The fourth-order valence-electron chi connectivity index (χ4n) is 6.32. The quantitative estimate of drug-likeness (QED) is 0.675. The van der Waals surface area contributed by atoms with Gasteiger partial charge in [0.2, 0.25) is 5.91 Å². The Morgan fingerprint density at radius 2 is 2.06 bits per heavy atom. The molecule has 1 aromatic carbocycles. The number of benzene rings is 1. The van der Waals surface area contributed by atoms with E-state index in [4.69, 9.17) is 14.5 Å². The van der Waals surface area contributed by atoms with Gasteiger partial charge < -0.3 is 19.7 Å². The van der Waals surface area contributed by atoms with Crippen LogP contribution in [0.2, 0.25) is 0 Å². The lowest BCUT2D eigenvalue weighted by molar-refractivity contribution is -0.146. The normalized spacial score (nSPS) is 28.8. The summed E-state index contributed by atoms with van der Waals surface area (Å²) >= 11 is 0. The number of hydrogen-bond donors (Lipinski definition) is 1. The van der Waals surface area contributed by atoms with E-state index in [1.807, 2.05) is 12.3 Å². The molecule has 6 nitrogen and oxygen atoms in total. The van der Waals surface area contributed by atoms with Crippen LogP contribution in [-0.2, 0) is 27.2 Å². The molecule has 35 heavy (non-hydrogen) atoms. The van der Waals surface area contributed by atoms with Crippen LogP contribution >= 0.6 is 0 Å². The van der Waals surface area contributed by atoms with Gasteiger partial charge in [0.15, 0.2) is 0 Å². The number of carbonyl (C=O) groups is 1. The summed E-state index contributed by atoms with van der Waals surface area (Å²) in [6, 6.07) is 13.2. The number of nitrogens with one attached hydrogen (secondary N) is 1. The van der Waals surface area contributed by atoms with Gasteiger partial charge >= 0.3 is 0 Å². The van der Waals surface area contributed by atoms with Gasteiger partial charge in [-0.15, -0.1) is 0 Å². The molecule has 1 aromatic heterocycles. The van der Waals surface area contributed by atoms with E-state index in [0.29, 0.717) is 37.1 Å². The number of fused-ring (bicyclic) bond motifs is 1. The van der Waals surface area contributed by atoms with Gasteiger partial charge in [0, 0.05) is 62.8 Å². The van der Waals surface area contributed by atoms with Crippen LogP contribution in [0.25, 0.3) is 11.1 Å². The van der Waals surface area contributed by atoms with Crippen LogP contribution in [0, 0.1) is 11.3 Å². The molecule has 1 aliphatic carbocycles. The standard InChI is InChI=1S/C29H39N3O3/c1-20(2)29(12-9-24(16-29)31-26-11-14-35-19-27(26)34-3)28(33)32-13-10-25-23(18-32)15-22(17-30-25)21-7-5-4-6-8-21/h4-8,15,17,20,24,26-27,31H,9-14,16,18-19H2,1-3H3/t24-,26?,27?,29+/m1/s1. The summed E-state index contributed by atoms with van der Waals surface area (Å²) in [7, 11) is 1.76. The average Bonchev–Trinajstić information content (AvgIpc) is 3.33. The van der Waals surface area contributed by atoms with Crippen LogP contribution in [0.15, 0.2) is 42.6 Å². The second-order valence-electron chi connectivity index (χ2n) is 10.8. The zero-order valence-electron chi connectivity index (χ0n) is 21.3. The van der Waals surface area contributed by atoms with Crippen LogP contribution in [0.5, 0.6) is 0 Å². The molecule has 2 aliphatic heterocycles. The van der Waals surface area contributed by atoms with Crippen LogP contribution in [0.3, 0.4) is 0 Å². The zero-order valence-corrected chi connectivity index (χ0v) is 21.3. The van der Waals surface area contributed by atoms with Gasteiger partial charge in [-0.3, -0.25) is 9.78 Å². The summed E-state index contributed by atoms with van der Waals surface area (Å²) in [5.74, 6) is 0.618. The molecule has 1 amide bonds. The Kier molecular flexibility index (Phi) is 7.24. The molecule has 5 rings (SSSR count). The minimum absolute atomic E-state index is 0.0819. The topological polar surface area (TPSA) is 63.7 Å². The van der Waals surface area contributed by atoms with E-state index in [9.17, 15) is 4.79 Å². The summed E-state index contributed by atoms with van der Waals surface area (Å²) in [5, 5.41) is 3.84. The fraction of sp³-hybridized carbons (Fsp3) is 0.586. The van der Waals surface area contributed by atoms with Gasteiger partial charge in [-0.25, -0.2) is 0 Å². The van der Waals surface area contributed by atoms with E-state index in [1.165, 1.54) is 5.56 Å². The first-order valence-electron chi connectivity index (χ1n) is 13.2. The number of hydrogen-bond acceptors (Lipinski definition) is 5. The minimum atomic E-state index is -0.312. The van der Waals surface area contributed by atoms with Crippen molar-refractivity contribution in [2.24, 2.45) is 11.3 Å². The third kappa shape index (κ3) is 4.89. The molecule has 1 saturated heterocycles. The highest BCUT2D eigenvalue weighted by Gasteiger charge is 2.50. The van der Waals surface area contributed by atoms with Gasteiger partial charge in [-0.05, 0) is 48.8 Å². The van der Waals surface area contributed by atoms with Gasteiger partial charge in [0.1, 0.15) is 0 Å². The highest BCUT2D eigenvalue weighted by molar-refractivity contribution is 5.84. The lowest BCUT2D eigenvalue weighted by atomic mass is 9.74. The van der Waals surface area contributed by atoms with Crippen molar-refractivity contribution in [1.29, 1.82) is 0 Å². The number of methoxy groups -OCH3 is 1. The predicted molar refractivity (Wildman–Crippen MR) is 137 cm³/mol. The molecule has 2 aromatic rings. The highest BCUT2D eigenvalue weighted by Crippen LogP contribution is 2.46. The van der Waals surface area contributed by atoms with Crippen molar-refractivity contribution in [3.8, 4) is 11.1 Å². The van der Waals surface area contributed by atoms with Crippen molar-refractivity contribution in [3.63, 3.8) is 0 Å². The lowest BCUT2D eigenvalue weighted by Gasteiger charge is -2.40. The first kappa shape index (κ1) is 24.4. The molecule has 2 unspecified atom stereocenters. The van der Waals surface area contributed by atoms with E-state index in [0.717, 1.165) is 62.1 Å². The van der Waals surface area contributed by atoms with Crippen molar-refractivity contribution >= 4 is 5.91 Å². The smallest absolute Gasteiger partial charge is 0.229 e. The molecule has 6 heteroatoms. The molecular formula is C29H39N3O3. The zero-order chi connectivity index (χ0) is 24.4. The first-order valence-corrected chi connectivity index (χ1v) is 13.2. The Balaban J connectivity index is 1.30. The number of ether oxygens (including phenoxy) is 2. The number of carbonyl (C=O) groups excluding carboxylic acids is 1. The summed E-state index contributed by atoms with van der Waals surface area (Å²) in [6.45, 7) is 7.26. The third-order valence-electron chi connectivity index (χ3n) is 8.57. The summed E-state index contributed by atoms with van der Waals surface area (Å²) in [4.78, 5) is 21.0. The Hall–Kier alpha value is -2.28. The van der Waals surface area contributed by atoms with Gasteiger partial charge in [0.25, 0.3) is 0 Å². The van der Waals surface area contributed by atoms with Crippen molar-refractivity contribution in [1.82, 2.24) is 15.2 Å². The summed E-state index contributed by atoms with van der Waals surface area (Å²) < 4.78 is 11.3. The third-order valence-corrected chi connectivity index (χ3v) is 8.57. The molecule has 3 aliphatic rings. The van der Waals surface area contributed by atoms with Crippen LogP contribution in [0.1, 0.15) is 50.8 Å². The summed E-state index contributed by atoms with van der Waals surface area (Å²) in [5.41, 5.74) is 4.28. The van der Waals surface area contributed by atoms with E-state index in [-0.39, 0.29) is 11.5 Å². The molecule has 4 atom stereocenters. The Morgan fingerprint density at radius 1 is 1.23 bits per heavy atom. The highest BCUT2D eigenvalue weighted by atomic mass is 16.5. The number of rotatable bonds is 6. The minimum Gasteiger partial charge on any atom is -0.379 e. The lowest BCUT2D eigenvalue weighted by Crippen LogP contribution is -2.52. The molecule has 1 N–H and O–H groups in total. The van der Waals surface area contributed by atoms with Crippen LogP contribution < -0.4 is 5.32 Å². The van der Waals surface area contributed by atoms with E-state index >= 15 is 0 Å². The Bertz CT molecular complexity index is 1030. The van der Waals surface area contributed by atoms with Gasteiger partial charge in [-0.1, -0.05) is 44.2 Å². The predicted octanol–water partition coefficient (Wildman–Crippen LogP) is 4.22. The molecule has 0 radical (unpaired) electrons. The first-order chi connectivity index (χ1) is 17.0. The van der Waals surface area contributed by atoms with Crippen molar-refractivity contribution in [2.45, 2.75) is 70.7 Å². The molecule has 2 fully saturated rings. The van der Waals surface area contributed by atoms with Crippen molar-refractivity contribution in [2.75, 3.05) is 26.9 Å². The number of aromatic nitrogens is 1. The van der Waals surface area contributed by atoms with Gasteiger partial charge in [0.05, 0.1) is 18.1 Å². The molecule has 3 heterocycles. The van der Waals surface area contributed by atoms with Crippen molar-refractivity contribution < 1.29 is 14.3 Å². The molecule has 0 bridgehead atoms. The van der Waals surface area contributed by atoms with Crippen molar-refractivity contribution in [3.05, 3.63) is 53.9 Å². The average molecular weight is 478 g/mol. The number of nitrogens with zero attached hydrogens (tertiary/aromatic N) is 2. The monoisotopic (exact) mass is 477 g/mol. The van der Waals surface area contributed by atoms with Crippen LogP contribution in [0.4, 0.5) is 0 Å². The largest absolute Gasteiger partial charge is 0.379 e. The Labute approximate surface area is 209 Å². The van der Waals surface area contributed by atoms with E-state index < -0.39 is 0 Å². The SMILES string of the molecule is COC1COCCC1N[C@@H]1CC[C@@](C(=O)N2CCc3ncc(-c4ccccc4)cc3C2)(C(C)C)C1. The number of amides is 1. The van der Waals surface area contributed by atoms with Crippen LogP contribution in [-0.4, -0.2) is 60.8 Å². The van der Waals surface area contributed by atoms with E-state index in [1.54, 1.807) is 7.11 Å². The molecule has 188 valence electrons. The molecule has 0 spiro atoms. The second kappa shape index (κ2) is 10.4. The molecule has 1 saturated carbocycles. The Morgan fingerprint density at radius 3 is 2.83 bits per heavy atom.